The van der Waals surface area contributed by atoms with Crippen molar-refractivity contribution in [1.82, 2.24) is 19.9 Å². The van der Waals surface area contributed by atoms with E-state index >= 15 is 0 Å². The number of anilines is 1. The second kappa shape index (κ2) is 7.79. The van der Waals surface area contributed by atoms with E-state index in [1.165, 1.54) is 16.9 Å². The first-order valence-electron chi connectivity index (χ1n) is 9.79. The van der Waals surface area contributed by atoms with Gasteiger partial charge in [0.1, 0.15) is 11.5 Å². The predicted molar refractivity (Wildman–Crippen MR) is 115 cm³/mol. The van der Waals surface area contributed by atoms with Gasteiger partial charge in [0.15, 0.2) is 0 Å². The fraction of sp³-hybridized carbons (Fsp3) is 0.217. The van der Waals surface area contributed by atoms with Gasteiger partial charge in [-0.1, -0.05) is 38.1 Å². The average molecular weight is 419 g/mol. The first-order chi connectivity index (χ1) is 14.7. The predicted octanol–water partition coefficient (Wildman–Crippen LogP) is 4.92. The molecule has 4 aromatic rings. The number of hydrogen-bond acceptors (Lipinski definition) is 5. The van der Waals surface area contributed by atoms with Gasteiger partial charge in [-0.2, -0.15) is 10.1 Å². The molecule has 0 spiro atoms. The topological polar surface area (TPSA) is 85.8 Å². The van der Waals surface area contributed by atoms with E-state index in [9.17, 15) is 9.18 Å². The van der Waals surface area contributed by atoms with E-state index in [1.807, 2.05) is 32.9 Å². The third kappa shape index (κ3) is 4.09. The summed E-state index contributed by atoms with van der Waals surface area (Å²) in [6.07, 6.45) is 1.43. The first kappa shape index (κ1) is 20.5. The Morgan fingerprint density at radius 2 is 1.81 bits per heavy atom. The van der Waals surface area contributed by atoms with E-state index in [2.05, 4.69) is 20.6 Å². The SMILES string of the molecule is Cc1c(C(=O)Nc2ccc(-c3noc(C(C)(C)C)n3)cc2)cnn1-c1ccccc1F. The molecule has 1 amide bonds. The lowest BCUT2D eigenvalue weighted by atomic mass is 9.97. The van der Waals surface area contributed by atoms with Crippen LogP contribution in [-0.4, -0.2) is 25.8 Å². The minimum Gasteiger partial charge on any atom is -0.338 e. The van der Waals surface area contributed by atoms with Crippen LogP contribution < -0.4 is 5.32 Å². The maximum atomic E-state index is 14.1. The summed E-state index contributed by atoms with van der Waals surface area (Å²) in [4.78, 5) is 17.2. The average Bonchev–Trinajstić information content (AvgIpc) is 3.36. The molecule has 0 aliphatic carbocycles. The molecule has 2 aromatic heterocycles. The van der Waals surface area contributed by atoms with Crippen molar-refractivity contribution in [3.63, 3.8) is 0 Å². The number of carbonyl (C=O) groups excluding carboxylic acids is 1. The van der Waals surface area contributed by atoms with Crippen LogP contribution in [0.5, 0.6) is 0 Å². The lowest BCUT2D eigenvalue weighted by Crippen LogP contribution is -2.13. The van der Waals surface area contributed by atoms with Crippen molar-refractivity contribution in [1.29, 1.82) is 0 Å². The zero-order valence-electron chi connectivity index (χ0n) is 17.7. The molecular weight excluding hydrogens is 397 g/mol. The number of halogens is 1. The van der Waals surface area contributed by atoms with Crippen LogP contribution in [-0.2, 0) is 5.41 Å². The molecular formula is C23H22FN5O2. The van der Waals surface area contributed by atoms with Crippen molar-refractivity contribution in [2.45, 2.75) is 33.1 Å². The number of aromatic nitrogens is 4. The number of hydrogen-bond donors (Lipinski definition) is 1. The van der Waals surface area contributed by atoms with Crippen molar-refractivity contribution in [3.8, 4) is 17.1 Å². The van der Waals surface area contributed by atoms with Gasteiger partial charge in [-0.15, -0.1) is 0 Å². The molecule has 4 rings (SSSR count). The van der Waals surface area contributed by atoms with Gasteiger partial charge in [-0.05, 0) is 43.3 Å². The monoisotopic (exact) mass is 419 g/mol. The Labute approximate surface area is 178 Å². The van der Waals surface area contributed by atoms with E-state index in [0.717, 1.165) is 5.56 Å². The molecule has 0 saturated carbocycles. The zero-order valence-corrected chi connectivity index (χ0v) is 17.7. The summed E-state index contributed by atoms with van der Waals surface area (Å²) in [5, 5.41) is 11.0. The summed E-state index contributed by atoms with van der Waals surface area (Å²) in [6, 6.07) is 13.4. The van der Waals surface area contributed by atoms with E-state index in [-0.39, 0.29) is 17.0 Å². The summed E-state index contributed by atoms with van der Waals surface area (Å²) in [7, 11) is 0. The molecule has 31 heavy (non-hydrogen) atoms. The number of amides is 1. The smallest absolute Gasteiger partial charge is 0.259 e. The maximum absolute atomic E-state index is 14.1. The summed E-state index contributed by atoms with van der Waals surface area (Å²) in [6.45, 7) is 7.72. The molecule has 0 atom stereocenters. The Kier molecular flexibility index (Phi) is 5.14. The zero-order chi connectivity index (χ0) is 22.2. The Morgan fingerprint density at radius 3 is 2.45 bits per heavy atom. The van der Waals surface area contributed by atoms with Crippen LogP contribution in [0.2, 0.25) is 0 Å². The molecule has 0 aliphatic heterocycles. The van der Waals surface area contributed by atoms with Gasteiger partial charge in [-0.25, -0.2) is 9.07 Å². The quantitative estimate of drug-likeness (QED) is 0.507. The van der Waals surface area contributed by atoms with Crippen molar-refractivity contribution in [2.24, 2.45) is 0 Å². The number of rotatable bonds is 4. The van der Waals surface area contributed by atoms with Crippen molar-refractivity contribution in [2.75, 3.05) is 5.32 Å². The molecule has 158 valence electrons. The van der Waals surface area contributed by atoms with E-state index in [0.29, 0.717) is 28.7 Å². The Balaban J connectivity index is 1.51. The van der Waals surface area contributed by atoms with Crippen LogP contribution >= 0.6 is 0 Å². The number of nitrogens with one attached hydrogen (secondary N) is 1. The van der Waals surface area contributed by atoms with Gasteiger partial charge in [0.05, 0.1) is 17.5 Å². The molecule has 7 nitrogen and oxygen atoms in total. The standard InChI is InChI=1S/C23H22FN5O2/c1-14-17(13-25-29(14)19-8-6-5-7-18(19)24)21(30)26-16-11-9-15(10-12-16)20-27-22(31-28-20)23(2,3)4/h5-13H,1-4H3,(H,26,30). The fourth-order valence-corrected chi connectivity index (χ4v) is 3.05. The second-order valence-electron chi connectivity index (χ2n) is 8.21. The molecule has 2 aromatic carbocycles. The van der Waals surface area contributed by atoms with Gasteiger partial charge in [0.2, 0.25) is 11.7 Å². The summed E-state index contributed by atoms with van der Waals surface area (Å²) >= 11 is 0. The van der Waals surface area contributed by atoms with Crippen molar-refractivity contribution < 1.29 is 13.7 Å². The van der Waals surface area contributed by atoms with Crippen LogP contribution in [0.3, 0.4) is 0 Å². The molecule has 0 radical (unpaired) electrons. The number of carbonyl (C=O) groups is 1. The summed E-state index contributed by atoms with van der Waals surface area (Å²) in [5.74, 6) is 0.307. The van der Waals surface area contributed by atoms with Crippen LogP contribution in [0.25, 0.3) is 17.1 Å². The van der Waals surface area contributed by atoms with Crippen LogP contribution in [0.4, 0.5) is 10.1 Å². The maximum Gasteiger partial charge on any atom is 0.259 e. The minimum atomic E-state index is -0.410. The van der Waals surface area contributed by atoms with Crippen LogP contribution in [0, 0.1) is 12.7 Å². The summed E-state index contributed by atoms with van der Waals surface area (Å²) < 4.78 is 20.8. The third-order valence-corrected chi connectivity index (χ3v) is 4.80. The van der Waals surface area contributed by atoms with Crippen molar-refractivity contribution in [3.05, 3.63) is 77.7 Å². The molecule has 2 heterocycles. The second-order valence-corrected chi connectivity index (χ2v) is 8.21. The highest BCUT2D eigenvalue weighted by molar-refractivity contribution is 6.05. The minimum absolute atomic E-state index is 0.232. The molecule has 0 bridgehead atoms. The lowest BCUT2D eigenvalue weighted by molar-refractivity contribution is 0.102. The fourth-order valence-electron chi connectivity index (χ4n) is 3.05. The largest absolute Gasteiger partial charge is 0.338 e. The normalized spacial score (nSPS) is 11.5. The van der Waals surface area contributed by atoms with Gasteiger partial charge in [0, 0.05) is 16.7 Å². The molecule has 1 N–H and O–H groups in total. The number of nitrogens with zero attached hydrogens (tertiary/aromatic N) is 4. The van der Waals surface area contributed by atoms with Crippen LogP contribution in [0.1, 0.15) is 42.7 Å². The number of benzene rings is 2. The van der Waals surface area contributed by atoms with E-state index in [4.69, 9.17) is 4.52 Å². The molecule has 0 fully saturated rings. The van der Waals surface area contributed by atoms with E-state index in [1.54, 1.807) is 37.3 Å². The van der Waals surface area contributed by atoms with Crippen molar-refractivity contribution >= 4 is 11.6 Å². The molecule has 8 heteroatoms. The Morgan fingerprint density at radius 1 is 1.10 bits per heavy atom. The highest BCUT2D eigenvalue weighted by Gasteiger charge is 2.22. The van der Waals surface area contributed by atoms with Gasteiger partial charge in [0.25, 0.3) is 5.91 Å². The first-order valence-corrected chi connectivity index (χ1v) is 9.79. The molecule has 0 aliphatic rings. The Hall–Kier alpha value is -3.81. The highest BCUT2D eigenvalue weighted by atomic mass is 19.1. The number of para-hydroxylation sites is 1. The molecule has 0 unspecified atom stereocenters. The van der Waals surface area contributed by atoms with E-state index < -0.39 is 5.82 Å². The third-order valence-electron chi connectivity index (χ3n) is 4.80. The van der Waals surface area contributed by atoms with Crippen LogP contribution in [0.15, 0.2) is 59.3 Å². The van der Waals surface area contributed by atoms with Gasteiger partial charge in [-0.3, -0.25) is 4.79 Å². The highest BCUT2D eigenvalue weighted by Crippen LogP contribution is 2.25. The lowest BCUT2D eigenvalue weighted by Gasteiger charge is -2.10. The van der Waals surface area contributed by atoms with Gasteiger partial charge >= 0.3 is 0 Å². The molecule has 0 saturated heterocycles. The Bertz CT molecular complexity index is 1240. The summed E-state index contributed by atoms with van der Waals surface area (Å²) in [5.41, 5.74) is 2.34. The van der Waals surface area contributed by atoms with Gasteiger partial charge < -0.3 is 9.84 Å².